The van der Waals surface area contributed by atoms with Crippen LogP contribution >= 0.6 is 23.2 Å². The number of halogens is 2. The molecule has 3 aromatic carbocycles. The largest absolute Gasteiger partial charge is 0.354 e. The summed E-state index contributed by atoms with van der Waals surface area (Å²) in [5.74, 6) is -0.350. The average Bonchev–Trinajstić information content (AvgIpc) is 2.62. The quantitative estimate of drug-likeness (QED) is 0.507. The molecule has 1 N–H and O–H groups in total. The van der Waals surface area contributed by atoms with Crippen molar-refractivity contribution >= 4 is 46.1 Å². The molecule has 3 aromatic rings. The molecular weight excluding hydrogens is 357 g/mol. The van der Waals surface area contributed by atoms with E-state index in [0.717, 1.165) is 0 Å². The van der Waals surface area contributed by atoms with Crippen LogP contribution in [-0.2, 0) is 0 Å². The smallest absolute Gasteiger partial charge is 0.196 e. The Balaban J connectivity index is 1.87. The molecule has 0 atom stereocenters. The van der Waals surface area contributed by atoms with Gasteiger partial charge in [-0.1, -0.05) is 59.6 Å². The Morgan fingerprint density at radius 2 is 1.36 bits per heavy atom. The predicted octanol–water partition coefficient (Wildman–Crippen LogP) is 5.51. The third-order valence-corrected chi connectivity index (χ3v) is 4.71. The molecule has 1 aliphatic rings. The fourth-order valence-electron chi connectivity index (χ4n) is 2.99. The molecule has 25 heavy (non-hydrogen) atoms. The molecule has 0 aromatic heterocycles. The molecular formula is C20H11Cl2NO2. The van der Waals surface area contributed by atoms with Gasteiger partial charge in [0, 0.05) is 21.7 Å². The van der Waals surface area contributed by atoms with Crippen LogP contribution in [0.3, 0.4) is 0 Å². The Morgan fingerprint density at radius 1 is 0.680 bits per heavy atom. The normalized spacial score (nSPS) is 12.6. The minimum absolute atomic E-state index is 0.161. The molecule has 0 saturated carbocycles. The van der Waals surface area contributed by atoms with Gasteiger partial charge in [-0.05, 0) is 24.3 Å². The van der Waals surface area contributed by atoms with Crippen molar-refractivity contribution in [3.8, 4) is 0 Å². The summed E-state index contributed by atoms with van der Waals surface area (Å²) >= 11 is 12.2. The maximum absolute atomic E-state index is 13.0. The van der Waals surface area contributed by atoms with E-state index in [1.54, 1.807) is 60.7 Å². The maximum Gasteiger partial charge on any atom is 0.196 e. The second-order valence-electron chi connectivity index (χ2n) is 5.68. The third-order valence-electron chi connectivity index (χ3n) is 4.15. The Kier molecular flexibility index (Phi) is 3.83. The number of rotatable bonds is 2. The monoisotopic (exact) mass is 367 g/mol. The fourth-order valence-corrected chi connectivity index (χ4v) is 3.32. The van der Waals surface area contributed by atoms with Gasteiger partial charge < -0.3 is 5.32 Å². The molecule has 0 aliphatic heterocycles. The summed E-state index contributed by atoms with van der Waals surface area (Å²) in [6.45, 7) is 0. The zero-order valence-electron chi connectivity index (χ0n) is 12.8. The Labute approximate surface area is 154 Å². The lowest BCUT2D eigenvalue weighted by Gasteiger charge is -2.21. The third kappa shape index (κ3) is 2.62. The van der Waals surface area contributed by atoms with Crippen LogP contribution in [0.4, 0.5) is 11.4 Å². The average molecular weight is 368 g/mol. The summed E-state index contributed by atoms with van der Waals surface area (Å²) in [6.07, 6.45) is 0. The number of ketones is 2. The molecule has 0 heterocycles. The highest BCUT2D eigenvalue weighted by molar-refractivity contribution is 6.35. The second kappa shape index (κ2) is 6.03. The van der Waals surface area contributed by atoms with E-state index in [4.69, 9.17) is 23.2 Å². The van der Waals surface area contributed by atoms with Crippen molar-refractivity contribution in [3.63, 3.8) is 0 Å². The van der Waals surface area contributed by atoms with E-state index < -0.39 is 0 Å². The molecule has 1 aliphatic carbocycles. The SMILES string of the molecule is O=C1c2ccccc2C(=O)c2c(Nc3cc(Cl)ccc3Cl)cccc21. The molecule has 3 nitrogen and oxygen atoms in total. The van der Waals surface area contributed by atoms with Crippen LogP contribution in [0.1, 0.15) is 31.8 Å². The fraction of sp³-hybridized carbons (Fsp3) is 0. The van der Waals surface area contributed by atoms with Crippen LogP contribution in [0.15, 0.2) is 60.7 Å². The molecule has 0 amide bonds. The summed E-state index contributed by atoms with van der Waals surface area (Å²) in [6, 6.07) is 17.0. The first-order chi connectivity index (χ1) is 12.1. The van der Waals surface area contributed by atoms with Gasteiger partial charge in [-0.25, -0.2) is 0 Å². The van der Waals surface area contributed by atoms with Crippen LogP contribution in [0, 0.1) is 0 Å². The number of hydrogen-bond donors (Lipinski definition) is 1. The highest BCUT2D eigenvalue weighted by Crippen LogP contribution is 2.35. The van der Waals surface area contributed by atoms with Gasteiger partial charge in [0.25, 0.3) is 0 Å². The van der Waals surface area contributed by atoms with Gasteiger partial charge in [0.1, 0.15) is 0 Å². The first kappa shape index (κ1) is 15.9. The van der Waals surface area contributed by atoms with Crippen LogP contribution in [0.25, 0.3) is 0 Å². The van der Waals surface area contributed by atoms with Gasteiger partial charge >= 0.3 is 0 Å². The predicted molar refractivity (Wildman–Crippen MR) is 99.5 cm³/mol. The van der Waals surface area contributed by atoms with Gasteiger partial charge in [0.15, 0.2) is 11.6 Å². The van der Waals surface area contributed by atoms with Crippen molar-refractivity contribution in [2.45, 2.75) is 0 Å². The molecule has 4 rings (SSSR count). The lowest BCUT2D eigenvalue weighted by atomic mass is 9.83. The molecule has 0 bridgehead atoms. The Bertz CT molecular complexity index is 1040. The number of benzene rings is 3. The molecule has 5 heteroatoms. The molecule has 0 spiro atoms. The number of anilines is 2. The van der Waals surface area contributed by atoms with Gasteiger partial charge in [0.2, 0.25) is 0 Å². The number of carbonyl (C=O) groups is 2. The summed E-state index contributed by atoms with van der Waals surface area (Å²) < 4.78 is 0. The molecule has 0 saturated heterocycles. The number of fused-ring (bicyclic) bond motifs is 2. The van der Waals surface area contributed by atoms with Crippen molar-refractivity contribution in [2.24, 2.45) is 0 Å². The number of hydrogen-bond acceptors (Lipinski definition) is 3. The van der Waals surface area contributed by atoms with Gasteiger partial charge in [-0.15, -0.1) is 0 Å². The van der Waals surface area contributed by atoms with Crippen molar-refractivity contribution in [1.29, 1.82) is 0 Å². The topological polar surface area (TPSA) is 46.2 Å². The molecule has 0 fully saturated rings. The lowest BCUT2D eigenvalue weighted by Crippen LogP contribution is -2.22. The summed E-state index contributed by atoms with van der Waals surface area (Å²) in [5, 5.41) is 4.12. The van der Waals surface area contributed by atoms with Crippen LogP contribution in [0.2, 0.25) is 10.0 Å². The van der Waals surface area contributed by atoms with Crippen molar-refractivity contribution in [3.05, 3.63) is 93.0 Å². The van der Waals surface area contributed by atoms with E-state index in [0.29, 0.717) is 43.7 Å². The first-order valence-electron chi connectivity index (χ1n) is 7.60. The zero-order valence-corrected chi connectivity index (χ0v) is 14.4. The van der Waals surface area contributed by atoms with E-state index in [9.17, 15) is 9.59 Å². The standard InChI is InChI=1S/C20H11Cl2NO2/c21-11-8-9-15(22)17(10-11)23-16-7-3-6-14-18(16)20(25)13-5-2-1-4-12(13)19(14)24/h1-10,23H. The van der Waals surface area contributed by atoms with E-state index in [1.807, 2.05) is 0 Å². The van der Waals surface area contributed by atoms with Crippen LogP contribution < -0.4 is 5.32 Å². The van der Waals surface area contributed by atoms with E-state index in [2.05, 4.69) is 5.32 Å². The van der Waals surface area contributed by atoms with E-state index in [1.165, 1.54) is 0 Å². The number of carbonyl (C=O) groups excluding carboxylic acids is 2. The van der Waals surface area contributed by atoms with Gasteiger partial charge in [0.05, 0.1) is 22.0 Å². The second-order valence-corrected chi connectivity index (χ2v) is 6.52. The Morgan fingerprint density at radius 3 is 2.12 bits per heavy atom. The van der Waals surface area contributed by atoms with Crippen molar-refractivity contribution in [2.75, 3.05) is 5.32 Å². The highest BCUT2D eigenvalue weighted by atomic mass is 35.5. The van der Waals surface area contributed by atoms with Gasteiger partial charge in [-0.3, -0.25) is 9.59 Å². The maximum atomic E-state index is 13.0. The summed E-state index contributed by atoms with van der Waals surface area (Å²) in [7, 11) is 0. The highest BCUT2D eigenvalue weighted by Gasteiger charge is 2.31. The molecule has 0 radical (unpaired) electrons. The van der Waals surface area contributed by atoms with Crippen LogP contribution in [-0.4, -0.2) is 11.6 Å². The van der Waals surface area contributed by atoms with Crippen LogP contribution in [0.5, 0.6) is 0 Å². The summed E-state index contributed by atoms with van der Waals surface area (Å²) in [4.78, 5) is 25.7. The van der Waals surface area contributed by atoms with Gasteiger partial charge in [-0.2, -0.15) is 0 Å². The van der Waals surface area contributed by atoms with E-state index >= 15 is 0 Å². The lowest BCUT2D eigenvalue weighted by molar-refractivity contribution is 0.0979. The van der Waals surface area contributed by atoms with E-state index in [-0.39, 0.29) is 11.6 Å². The molecule has 122 valence electrons. The zero-order chi connectivity index (χ0) is 17.6. The summed E-state index contributed by atoms with van der Waals surface area (Å²) in [5.41, 5.74) is 2.66. The van der Waals surface area contributed by atoms with Crippen molar-refractivity contribution < 1.29 is 9.59 Å². The number of nitrogens with one attached hydrogen (secondary N) is 1. The Hall–Kier alpha value is -2.62. The molecule has 0 unspecified atom stereocenters. The minimum Gasteiger partial charge on any atom is -0.354 e. The minimum atomic E-state index is -0.188. The van der Waals surface area contributed by atoms with Crippen molar-refractivity contribution in [1.82, 2.24) is 0 Å². The first-order valence-corrected chi connectivity index (χ1v) is 8.35.